The molecule has 90 valence electrons. The molecule has 0 saturated heterocycles. The van der Waals surface area contributed by atoms with Crippen molar-refractivity contribution in [1.82, 2.24) is 0 Å². The van der Waals surface area contributed by atoms with Crippen LogP contribution in [0, 0.1) is 11.8 Å². The first-order valence-corrected chi connectivity index (χ1v) is 7.42. The molecule has 0 fully saturated rings. The molecule has 0 aromatic heterocycles. The van der Waals surface area contributed by atoms with Crippen molar-refractivity contribution in [2.24, 2.45) is 11.8 Å². The second-order valence-electron chi connectivity index (χ2n) is 4.82. The van der Waals surface area contributed by atoms with Crippen LogP contribution in [-0.2, 0) is 6.42 Å². The van der Waals surface area contributed by atoms with Crippen molar-refractivity contribution in [3.8, 4) is 0 Å². The van der Waals surface area contributed by atoms with Gasteiger partial charge >= 0.3 is 0 Å². The Labute approximate surface area is 113 Å². The molecular weight excluding hydrogens is 284 g/mol. The lowest BCUT2D eigenvalue weighted by Gasteiger charge is -2.15. The quantitative estimate of drug-likeness (QED) is 0.623. The van der Waals surface area contributed by atoms with Gasteiger partial charge in [-0.3, -0.25) is 0 Å². The Balaban J connectivity index is 2.46. The molecule has 1 atom stereocenters. The maximum absolute atomic E-state index is 5.88. The Kier molecular flexibility index (Phi) is 6.45. The van der Waals surface area contributed by atoms with Gasteiger partial charge in [-0.25, -0.2) is 0 Å². The van der Waals surface area contributed by atoms with E-state index in [9.17, 15) is 0 Å². The van der Waals surface area contributed by atoms with Gasteiger partial charge in [-0.05, 0) is 42.4 Å². The topological polar surface area (TPSA) is 0 Å². The molecule has 0 N–H and O–H groups in total. The van der Waals surface area contributed by atoms with Crippen LogP contribution in [0.3, 0.4) is 0 Å². The van der Waals surface area contributed by atoms with Crippen LogP contribution in [-0.4, -0.2) is 5.33 Å². The highest BCUT2D eigenvalue weighted by atomic mass is 79.9. The summed E-state index contributed by atoms with van der Waals surface area (Å²) in [6.45, 7) is 4.57. The molecule has 2 heteroatoms. The molecule has 1 aromatic rings. The fraction of sp³-hybridized carbons (Fsp3) is 0.571. The first-order valence-electron chi connectivity index (χ1n) is 5.92. The fourth-order valence-electron chi connectivity index (χ4n) is 1.76. The lowest BCUT2D eigenvalue weighted by molar-refractivity contribution is 0.455. The van der Waals surface area contributed by atoms with Crippen LogP contribution >= 0.6 is 27.5 Å². The first kappa shape index (κ1) is 14.1. The van der Waals surface area contributed by atoms with Crippen LogP contribution in [0.2, 0.25) is 5.02 Å². The minimum absolute atomic E-state index is 0.739. The number of hydrogen-bond donors (Lipinski definition) is 0. The van der Waals surface area contributed by atoms with E-state index in [1.54, 1.807) is 0 Å². The molecule has 0 nitrogen and oxygen atoms in total. The number of alkyl halides is 1. The lowest BCUT2D eigenvalue weighted by atomic mass is 9.93. The van der Waals surface area contributed by atoms with E-state index >= 15 is 0 Å². The Hall–Kier alpha value is -0.0100. The van der Waals surface area contributed by atoms with Crippen LogP contribution in [0.5, 0.6) is 0 Å². The molecule has 0 aliphatic carbocycles. The molecule has 0 amide bonds. The smallest absolute Gasteiger partial charge is 0.0406 e. The lowest BCUT2D eigenvalue weighted by Crippen LogP contribution is -2.07. The zero-order valence-electron chi connectivity index (χ0n) is 10.0. The summed E-state index contributed by atoms with van der Waals surface area (Å²) in [5.41, 5.74) is 1.39. The van der Waals surface area contributed by atoms with Crippen molar-refractivity contribution in [3.05, 3.63) is 34.9 Å². The Morgan fingerprint density at radius 1 is 1.12 bits per heavy atom. The van der Waals surface area contributed by atoms with Crippen LogP contribution in [0.1, 0.15) is 32.3 Å². The van der Waals surface area contributed by atoms with E-state index in [1.165, 1.54) is 18.4 Å². The van der Waals surface area contributed by atoms with Gasteiger partial charge < -0.3 is 0 Å². The average Bonchev–Trinajstić information content (AvgIpc) is 2.26. The van der Waals surface area contributed by atoms with Crippen molar-refractivity contribution in [2.75, 3.05) is 5.33 Å². The molecule has 16 heavy (non-hydrogen) atoms. The van der Waals surface area contributed by atoms with Gasteiger partial charge in [0.1, 0.15) is 0 Å². The van der Waals surface area contributed by atoms with Crippen LogP contribution in [0.4, 0.5) is 0 Å². The molecule has 0 heterocycles. The molecule has 1 aromatic carbocycles. The highest BCUT2D eigenvalue weighted by molar-refractivity contribution is 9.09. The van der Waals surface area contributed by atoms with Crippen molar-refractivity contribution >= 4 is 27.5 Å². The number of benzene rings is 1. The minimum atomic E-state index is 0.739. The second-order valence-corrected chi connectivity index (χ2v) is 5.91. The molecule has 1 rings (SSSR count). The summed E-state index contributed by atoms with van der Waals surface area (Å²) in [7, 11) is 0. The van der Waals surface area contributed by atoms with Gasteiger partial charge in [0, 0.05) is 10.4 Å². The van der Waals surface area contributed by atoms with E-state index in [0.717, 1.165) is 28.6 Å². The summed E-state index contributed by atoms with van der Waals surface area (Å²) in [5, 5.41) is 1.91. The van der Waals surface area contributed by atoms with E-state index in [-0.39, 0.29) is 0 Å². The molecule has 0 saturated carbocycles. The second kappa shape index (κ2) is 7.34. The number of halogens is 2. The largest absolute Gasteiger partial charge is 0.0925 e. The maximum atomic E-state index is 5.88. The third-order valence-corrected chi connectivity index (χ3v) is 3.98. The standard InChI is InChI=1S/C14H20BrCl/c1-11(2)3-4-13(10-15)9-12-5-7-14(16)8-6-12/h5-8,11,13H,3-4,9-10H2,1-2H3. The van der Waals surface area contributed by atoms with Gasteiger partial charge in [-0.1, -0.05) is 59.9 Å². The average molecular weight is 304 g/mol. The van der Waals surface area contributed by atoms with Gasteiger partial charge in [-0.15, -0.1) is 0 Å². The van der Waals surface area contributed by atoms with E-state index in [0.29, 0.717) is 0 Å². The van der Waals surface area contributed by atoms with E-state index in [2.05, 4.69) is 41.9 Å². The highest BCUT2D eigenvalue weighted by Gasteiger charge is 2.09. The Morgan fingerprint density at radius 2 is 1.75 bits per heavy atom. The summed E-state index contributed by atoms with van der Waals surface area (Å²) in [6, 6.07) is 8.22. The van der Waals surface area contributed by atoms with Gasteiger partial charge in [0.25, 0.3) is 0 Å². The summed E-state index contributed by atoms with van der Waals surface area (Å²) in [4.78, 5) is 0. The first-order chi connectivity index (χ1) is 7.61. The normalized spacial score (nSPS) is 13.1. The summed E-state index contributed by atoms with van der Waals surface area (Å²) >= 11 is 9.49. The Bertz CT molecular complexity index is 292. The predicted octanol–water partition coefficient (Wildman–Crippen LogP) is 5.33. The number of rotatable bonds is 6. The Morgan fingerprint density at radius 3 is 2.25 bits per heavy atom. The number of hydrogen-bond acceptors (Lipinski definition) is 0. The van der Waals surface area contributed by atoms with Crippen LogP contribution < -0.4 is 0 Å². The van der Waals surface area contributed by atoms with Crippen molar-refractivity contribution in [1.29, 1.82) is 0 Å². The van der Waals surface area contributed by atoms with E-state index in [4.69, 9.17) is 11.6 Å². The minimum Gasteiger partial charge on any atom is -0.0925 e. The molecule has 0 aliphatic rings. The highest BCUT2D eigenvalue weighted by Crippen LogP contribution is 2.20. The molecule has 1 unspecified atom stereocenters. The maximum Gasteiger partial charge on any atom is 0.0406 e. The van der Waals surface area contributed by atoms with Crippen molar-refractivity contribution in [3.63, 3.8) is 0 Å². The zero-order chi connectivity index (χ0) is 12.0. The van der Waals surface area contributed by atoms with E-state index in [1.807, 2.05) is 12.1 Å². The third-order valence-electron chi connectivity index (χ3n) is 2.81. The monoisotopic (exact) mass is 302 g/mol. The molecule has 0 aliphatic heterocycles. The van der Waals surface area contributed by atoms with Crippen molar-refractivity contribution < 1.29 is 0 Å². The van der Waals surface area contributed by atoms with Gasteiger partial charge in [0.2, 0.25) is 0 Å². The van der Waals surface area contributed by atoms with Crippen LogP contribution in [0.15, 0.2) is 24.3 Å². The SMILES string of the molecule is CC(C)CCC(CBr)Cc1ccc(Cl)cc1. The molecular formula is C14H20BrCl. The molecule has 0 spiro atoms. The summed E-state index contributed by atoms with van der Waals surface area (Å²) < 4.78 is 0. The summed E-state index contributed by atoms with van der Waals surface area (Å²) in [6.07, 6.45) is 3.75. The molecule has 0 radical (unpaired) electrons. The third kappa shape index (κ3) is 5.36. The zero-order valence-corrected chi connectivity index (χ0v) is 12.4. The van der Waals surface area contributed by atoms with Gasteiger partial charge in [0.15, 0.2) is 0 Å². The molecule has 0 bridgehead atoms. The van der Waals surface area contributed by atoms with Crippen molar-refractivity contribution in [2.45, 2.75) is 33.1 Å². The van der Waals surface area contributed by atoms with Gasteiger partial charge in [-0.2, -0.15) is 0 Å². The predicted molar refractivity (Wildman–Crippen MR) is 76.5 cm³/mol. The van der Waals surface area contributed by atoms with E-state index < -0.39 is 0 Å². The van der Waals surface area contributed by atoms with Gasteiger partial charge in [0.05, 0.1) is 0 Å². The van der Waals surface area contributed by atoms with Crippen LogP contribution in [0.25, 0.3) is 0 Å². The summed E-state index contributed by atoms with van der Waals surface area (Å²) in [5.74, 6) is 1.54. The fourth-order valence-corrected chi connectivity index (χ4v) is 2.44.